The van der Waals surface area contributed by atoms with Crippen LogP contribution in [0.5, 0.6) is 0 Å². The maximum atomic E-state index is 11.9. The van der Waals surface area contributed by atoms with Gasteiger partial charge in [0.15, 0.2) is 0 Å². The van der Waals surface area contributed by atoms with E-state index < -0.39 is 0 Å². The van der Waals surface area contributed by atoms with Crippen LogP contribution < -0.4 is 0 Å². The number of carbonyl (C=O) groups is 1. The van der Waals surface area contributed by atoms with Crippen LogP contribution >= 0.6 is 0 Å². The first-order valence-electron chi connectivity index (χ1n) is 6.85. The van der Waals surface area contributed by atoms with Crippen LogP contribution in [0.15, 0.2) is 30.3 Å². The van der Waals surface area contributed by atoms with Crippen molar-refractivity contribution < 1.29 is 9.53 Å². The topological polar surface area (TPSA) is 26.3 Å². The highest BCUT2D eigenvalue weighted by molar-refractivity contribution is 5.72. The summed E-state index contributed by atoms with van der Waals surface area (Å²) in [7, 11) is 0. The van der Waals surface area contributed by atoms with Gasteiger partial charge < -0.3 is 4.74 Å². The summed E-state index contributed by atoms with van der Waals surface area (Å²) in [5, 5.41) is 0. The number of ether oxygens (including phenoxy) is 1. The lowest BCUT2D eigenvalue weighted by atomic mass is 9.91. The fourth-order valence-corrected chi connectivity index (χ4v) is 2.06. The maximum absolute atomic E-state index is 11.9. The molecule has 0 saturated carbocycles. The van der Waals surface area contributed by atoms with Crippen LogP contribution in [0.2, 0.25) is 0 Å². The zero-order chi connectivity index (χ0) is 13.4. The Bertz CT molecular complexity index is 343. The number of rotatable bonds is 7. The van der Waals surface area contributed by atoms with Gasteiger partial charge in [0.1, 0.15) is 0 Å². The van der Waals surface area contributed by atoms with Gasteiger partial charge in [-0.3, -0.25) is 4.79 Å². The minimum absolute atomic E-state index is 0.0391. The molecule has 0 N–H and O–H groups in total. The van der Waals surface area contributed by atoms with Crippen LogP contribution in [0.3, 0.4) is 0 Å². The molecule has 0 aliphatic heterocycles. The molecule has 100 valence electrons. The van der Waals surface area contributed by atoms with Crippen molar-refractivity contribution in [2.75, 3.05) is 6.61 Å². The number of esters is 1. The van der Waals surface area contributed by atoms with E-state index in [4.69, 9.17) is 4.74 Å². The molecule has 0 amide bonds. The van der Waals surface area contributed by atoms with Crippen LogP contribution in [0.25, 0.3) is 0 Å². The van der Waals surface area contributed by atoms with Gasteiger partial charge in [-0.25, -0.2) is 0 Å². The third kappa shape index (κ3) is 4.91. The predicted molar refractivity (Wildman–Crippen MR) is 74.3 cm³/mol. The van der Waals surface area contributed by atoms with E-state index in [1.54, 1.807) is 0 Å². The van der Waals surface area contributed by atoms with Crippen molar-refractivity contribution in [2.24, 2.45) is 11.8 Å². The number of hydrogen-bond donors (Lipinski definition) is 0. The average molecular weight is 248 g/mol. The summed E-state index contributed by atoms with van der Waals surface area (Å²) in [4.78, 5) is 11.9. The lowest BCUT2D eigenvalue weighted by Crippen LogP contribution is -2.23. The van der Waals surface area contributed by atoms with Gasteiger partial charge in [-0.1, -0.05) is 57.5 Å². The van der Waals surface area contributed by atoms with E-state index in [1.165, 1.54) is 5.56 Å². The molecule has 2 nitrogen and oxygen atoms in total. The molecular weight excluding hydrogens is 224 g/mol. The zero-order valence-corrected chi connectivity index (χ0v) is 11.7. The smallest absolute Gasteiger partial charge is 0.309 e. The minimum atomic E-state index is -0.0391. The molecule has 18 heavy (non-hydrogen) atoms. The summed E-state index contributed by atoms with van der Waals surface area (Å²) in [6.45, 7) is 6.75. The second kappa shape index (κ2) is 7.91. The van der Waals surface area contributed by atoms with Gasteiger partial charge >= 0.3 is 5.97 Å². The third-order valence-corrected chi connectivity index (χ3v) is 3.19. The van der Waals surface area contributed by atoms with E-state index in [-0.39, 0.29) is 11.9 Å². The quantitative estimate of drug-likeness (QED) is 0.685. The van der Waals surface area contributed by atoms with Crippen molar-refractivity contribution >= 4 is 5.97 Å². The van der Waals surface area contributed by atoms with Crippen LogP contribution in [0.1, 0.15) is 39.2 Å². The highest BCUT2D eigenvalue weighted by Gasteiger charge is 2.22. The minimum Gasteiger partial charge on any atom is -0.465 e. The fraction of sp³-hybridized carbons (Fsp3) is 0.562. The standard InChI is InChI=1S/C16H24O2/c1-4-8-15(13(2)3)16(17)18-12-11-14-9-6-5-7-10-14/h5-7,9-10,13,15H,4,8,11-12H2,1-3H3. The summed E-state index contributed by atoms with van der Waals surface area (Å²) in [5.74, 6) is 0.364. The van der Waals surface area contributed by atoms with Gasteiger partial charge in [0.2, 0.25) is 0 Å². The number of carbonyl (C=O) groups excluding carboxylic acids is 1. The van der Waals surface area contributed by atoms with E-state index >= 15 is 0 Å². The molecule has 0 fully saturated rings. The first kappa shape index (κ1) is 14.7. The van der Waals surface area contributed by atoms with E-state index in [2.05, 4.69) is 32.9 Å². The Hall–Kier alpha value is -1.31. The summed E-state index contributed by atoms with van der Waals surface area (Å²) in [6.07, 6.45) is 2.74. The zero-order valence-electron chi connectivity index (χ0n) is 11.7. The fourth-order valence-electron chi connectivity index (χ4n) is 2.06. The number of benzene rings is 1. The Morgan fingerprint density at radius 1 is 1.22 bits per heavy atom. The SMILES string of the molecule is CCCC(C(=O)OCCc1ccccc1)C(C)C. The lowest BCUT2D eigenvalue weighted by Gasteiger charge is -2.18. The van der Waals surface area contributed by atoms with E-state index in [0.29, 0.717) is 12.5 Å². The van der Waals surface area contributed by atoms with Crippen LogP contribution in [-0.4, -0.2) is 12.6 Å². The summed E-state index contributed by atoms with van der Waals surface area (Å²) in [6, 6.07) is 10.1. The molecule has 1 rings (SSSR count). The molecule has 0 bridgehead atoms. The molecule has 2 heteroatoms. The number of hydrogen-bond acceptors (Lipinski definition) is 2. The van der Waals surface area contributed by atoms with Crippen LogP contribution in [0.4, 0.5) is 0 Å². The van der Waals surface area contributed by atoms with Crippen molar-refractivity contribution in [3.8, 4) is 0 Å². The molecular formula is C16H24O2. The molecule has 0 aliphatic carbocycles. The Kier molecular flexibility index (Phi) is 6.48. The summed E-state index contributed by atoms with van der Waals surface area (Å²) in [5.41, 5.74) is 1.21. The monoisotopic (exact) mass is 248 g/mol. The predicted octanol–water partition coefficient (Wildman–Crippen LogP) is 3.84. The Labute approximate surface area is 110 Å². The van der Waals surface area contributed by atoms with Crippen molar-refractivity contribution in [1.29, 1.82) is 0 Å². The second-order valence-electron chi connectivity index (χ2n) is 5.04. The maximum Gasteiger partial charge on any atom is 0.309 e. The van der Waals surface area contributed by atoms with Crippen molar-refractivity contribution in [2.45, 2.75) is 40.0 Å². The molecule has 0 radical (unpaired) electrons. The van der Waals surface area contributed by atoms with Gasteiger partial charge in [-0.2, -0.15) is 0 Å². The molecule has 0 heterocycles. The van der Waals surface area contributed by atoms with Crippen LogP contribution in [-0.2, 0) is 16.0 Å². The summed E-state index contributed by atoms with van der Waals surface area (Å²) >= 11 is 0. The van der Waals surface area contributed by atoms with Crippen molar-refractivity contribution in [3.63, 3.8) is 0 Å². The van der Waals surface area contributed by atoms with Crippen LogP contribution in [0, 0.1) is 11.8 Å². The van der Waals surface area contributed by atoms with E-state index in [1.807, 2.05) is 18.2 Å². The van der Waals surface area contributed by atoms with Crippen molar-refractivity contribution in [1.82, 2.24) is 0 Å². The molecule has 0 aromatic heterocycles. The first-order chi connectivity index (χ1) is 8.65. The van der Waals surface area contributed by atoms with Gasteiger partial charge in [-0.05, 0) is 17.9 Å². The third-order valence-electron chi connectivity index (χ3n) is 3.19. The molecule has 0 saturated heterocycles. The molecule has 0 aliphatic rings. The van der Waals surface area contributed by atoms with Gasteiger partial charge in [0, 0.05) is 6.42 Å². The van der Waals surface area contributed by atoms with Gasteiger partial charge in [-0.15, -0.1) is 0 Å². The van der Waals surface area contributed by atoms with Crippen molar-refractivity contribution in [3.05, 3.63) is 35.9 Å². The van der Waals surface area contributed by atoms with E-state index in [9.17, 15) is 4.79 Å². The molecule has 0 spiro atoms. The second-order valence-corrected chi connectivity index (χ2v) is 5.04. The molecule has 1 unspecified atom stereocenters. The highest BCUT2D eigenvalue weighted by atomic mass is 16.5. The Morgan fingerprint density at radius 2 is 1.89 bits per heavy atom. The summed E-state index contributed by atoms with van der Waals surface area (Å²) < 4.78 is 5.38. The molecule has 1 aromatic carbocycles. The Morgan fingerprint density at radius 3 is 2.44 bits per heavy atom. The van der Waals surface area contributed by atoms with Gasteiger partial charge in [0.05, 0.1) is 12.5 Å². The van der Waals surface area contributed by atoms with Gasteiger partial charge in [0.25, 0.3) is 0 Å². The molecule has 1 atom stereocenters. The first-order valence-corrected chi connectivity index (χ1v) is 6.85. The average Bonchev–Trinajstić information content (AvgIpc) is 2.36. The normalized spacial score (nSPS) is 12.4. The van der Waals surface area contributed by atoms with E-state index in [0.717, 1.165) is 19.3 Å². The Balaban J connectivity index is 2.36. The largest absolute Gasteiger partial charge is 0.465 e. The lowest BCUT2D eigenvalue weighted by molar-refractivity contribution is -0.150. The highest BCUT2D eigenvalue weighted by Crippen LogP contribution is 2.18. The molecule has 1 aromatic rings.